The van der Waals surface area contributed by atoms with Crippen LogP contribution in [-0.2, 0) is 44.7 Å². The molecule has 0 amide bonds. The van der Waals surface area contributed by atoms with E-state index in [1.165, 1.54) is 12.1 Å². The second-order valence-corrected chi connectivity index (χ2v) is 15.5. The fourth-order valence-electron chi connectivity index (χ4n) is 9.23. The van der Waals surface area contributed by atoms with E-state index in [4.69, 9.17) is 25.1 Å². The first kappa shape index (κ1) is 45.3. The average Bonchev–Trinajstić information content (AvgIpc) is 3.51. The highest BCUT2D eigenvalue weighted by atomic mass is 17.0. The van der Waals surface area contributed by atoms with E-state index in [1.54, 1.807) is 24.3 Å². The number of aliphatic hydroxyl groups is 1. The highest BCUT2D eigenvalue weighted by Crippen LogP contribution is 2.66. The number of aliphatic hydroxyl groups excluding tert-OH is 1. The van der Waals surface area contributed by atoms with Crippen LogP contribution in [0, 0.1) is 54.7 Å². The van der Waals surface area contributed by atoms with Crippen LogP contribution in [0.15, 0.2) is 48.1 Å². The van der Waals surface area contributed by atoms with Crippen LogP contribution in [0.3, 0.4) is 0 Å². The molecule has 0 spiro atoms. The number of carboxylic acid groups (broad SMARTS) is 1. The lowest BCUT2D eigenvalue weighted by atomic mass is 9.46. The van der Waals surface area contributed by atoms with E-state index in [0.717, 1.165) is 24.8 Å². The molecule has 1 aromatic rings. The first-order valence-electron chi connectivity index (χ1n) is 19.2. The normalized spacial score (nSPS) is 27.1. The number of hydrogen-bond acceptors (Lipinski definition) is 16. The number of Topliss-reactive ketones (excluding diaryl/α,β-unsaturated/α-hetero) is 1. The van der Waals surface area contributed by atoms with Crippen molar-refractivity contribution in [2.24, 2.45) is 40.2 Å². The Morgan fingerprint density at radius 3 is 2.26 bits per heavy atom. The van der Waals surface area contributed by atoms with Crippen molar-refractivity contribution >= 4 is 29.7 Å². The molecule has 5 rings (SSSR count). The van der Waals surface area contributed by atoms with Crippen LogP contribution >= 0.6 is 0 Å². The molecule has 4 N–H and O–H groups in total. The molecule has 0 radical (unpaired) electrons. The fraction of sp³-hybridized carbons (Fsp3) is 0.615. The number of carbonyl (C=O) groups excluding carboxylic acids is 4. The number of fused-ring (bicyclic) bond motifs is 5. The molecule has 0 heterocycles. The van der Waals surface area contributed by atoms with E-state index in [1.807, 2.05) is 6.08 Å². The third-order valence-electron chi connectivity index (χ3n) is 11.8. The van der Waals surface area contributed by atoms with Gasteiger partial charge in [-0.25, -0.2) is 4.79 Å². The number of benzene rings is 1. The summed E-state index contributed by atoms with van der Waals surface area (Å²) in [6.45, 7) is 3.61. The largest absolute Gasteiger partial charge is 0.514 e. The maximum Gasteiger partial charge on any atom is 0.514 e. The average molecular weight is 818 g/mol. The lowest BCUT2D eigenvalue weighted by Gasteiger charge is -2.58. The number of nitrogens with two attached hydrogens (primary N) is 1. The molecule has 3 saturated carbocycles. The summed E-state index contributed by atoms with van der Waals surface area (Å²) >= 11 is 0. The number of carboxylic acids is 1. The van der Waals surface area contributed by atoms with E-state index in [0.29, 0.717) is 31.2 Å². The van der Waals surface area contributed by atoms with Crippen molar-refractivity contribution in [3.63, 3.8) is 0 Å². The summed E-state index contributed by atoms with van der Waals surface area (Å²) in [6, 6.07) is 5.40. The maximum atomic E-state index is 13.4. The predicted octanol–water partition coefficient (Wildman–Crippen LogP) is 4.13. The van der Waals surface area contributed by atoms with Gasteiger partial charge in [0.25, 0.3) is 10.2 Å². The molecule has 0 bridgehead atoms. The summed E-state index contributed by atoms with van der Waals surface area (Å²) in [5, 5.41) is 37.4. The van der Waals surface area contributed by atoms with Crippen LogP contribution in [0.2, 0.25) is 0 Å². The molecular weight excluding hydrogens is 766 g/mol. The number of nitrogens with zero attached hydrogens (tertiary/aromatic N) is 2. The molecule has 0 saturated heterocycles. The van der Waals surface area contributed by atoms with E-state index >= 15 is 0 Å². The Hall–Kier alpha value is -5.43. The predicted molar refractivity (Wildman–Crippen MR) is 200 cm³/mol. The summed E-state index contributed by atoms with van der Waals surface area (Å²) in [5.74, 6) is -1.49. The molecule has 0 aliphatic heterocycles. The zero-order valence-electron chi connectivity index (χ0n) is 32.5. The van der Waals surface area contributed by atoms with Crippen LogP contribution in [0.25, 0.3) is 0 Å². The molecule has 19 heteroatoms. The van der Waals surface area contributed by atoms with Gasteiger partial charge in [-0.3, -0.25) is 19.2 Å². The van der Waals surface area contributed by atoms with Crippen LogP contribution in [0.5, 0.6) is 5.75 Å². The van der Waals surface area contributed by atoms with Crippen molar-refractivity contribution in [2.75, 3.05) is 26.4 Å². The Kier molecular flexibility index (Phi) is 15.9. The summed E-state index contributed by atoms with van der Waals surface area (Å²) in [7, 11) is 0. The first-order valence-corrected chi connectivity index (χ1v) is 19.2. The van der Waals surface area contributed by atoms with Crippen LogP contribution < -0.4 is 10.5 Å². The van der Waals surface area contributed by atoms with Crippen LogP contribution in [-0.4, -0.2) is 88.6 Å². The minimum atomic E-state index is -1.01. The summed E-state index contributed by atoms with van der Waals surface area (Å²) < 4.78 is 15.6. The van der Waals surface area contributed by atoms with Crippen LogP contribution in [0.4, 0.5) is 4.79 Å². The Balaban J connectivity index is 0.000000657. The van der Waals surface area contributed by atoms with Gasteiger partial charge in [-0.05, 0) is 105 Å². The van der Waals surface area contributed by atoms with Gasteiger partial charge in [0.1, 0.15) is 11.8 Å². The zero-order chi connectivity index (χ0) is 42.6. The van der Waals surface area contributed by atoms with Crippen molar-refractivity contribution in [3.05, 3.63) is 73.9 Å². The van der Waals surface area contributed by atoms with Crippen molar-refractivity contribution in [1.29, 1.82) is 0 Å². The quantitative estimate of drug-likeness (QED) is 0.0617. The Morgan fingerprint density at radius 1 is 0.948 bits per heavy atom. The van der Waals surface area contributed by atoms with Crippen LogP contribution in [0.1, 0.15) is 77.2 Å². The van der Waals surface area contributed by atoms with E-state index in [2.05, 4.69) is 23.5 Å². The number of esters is 1. The minimum absolute atomic E-state index is 0.00600. The monoisotopic (exact) mass is 817 g/mol. The topological polar surface area (TPSA) is 284 Å². The molecule has 4 aliphatic rings. The molecule has 318 valence electrons. The Bertz CT molecular complexity index is 1730. The second kappa shape index (κ2) is 20.3. The van der Waals surface area contributed by atoms with Crippen molar-refractivity contribution in [2.45, 2.75) is 90.2 Å². The minimum Gasteiger partial charge on any atom is -0.481 e. The first-order chi connectivity index (χ1) is 27.4. The van der Waals surface area contributed by atoms with Crippen molar-refractivity contribution in [1.82, 2.24) is 0 Å². The highest BCUT2D eigenvalue weighted by Gasteiger charge is 2.62. The van der Waals surface area contributed by atoms with Gasteiger partial charge in [-0.15, -0.1) is 20.2 Å². The fourth-order valence-corrected chi connectivity index (χ4v) is 9.23. The Labute approximate surface area is 334 Å². The summed E-state index contributed by atoms with van der Waals surface area (Å²) in [4.78, 5) is 87.6. The van der Waals surface area contributed by atoms with Gasteiger partial charge in [0.05, 0.1) is 25.9 Å². The zero-order valence-corrected chi connectivity index (χ0v) is 32.5. The number of aliphatic carboxylic acids is 1. The van der Waals surface area contributed by atoms with Gasteiger partial charge in [-0.2, -0.15) is 0 Å². The van der Waals surface area contributed by atoms with E-state index in [-0.39, 0.29) is 85.5 Å². The molecular formula is C39H51N3O16. The second-order valence-electron chi connectivity index (χ2n) is 15.5. The van der Waals surface area contributed by atoms with Crippen molar-refractivity contribution < 1.29 is 68.2 Å². The maximum absolute atomic E-state index is 13.4. The number of carbonyl (C=O) groups is 5. The van der Waals surface area contributed by atoms with Gasteiger partial charge in [0.2, 0.25) is 0 Å². The molecule has 19 nitrogen and oxygen atoms in total. The number of rotatable bonds is 18. The molecule has 58 heavy (non-hydrogen) atoms. The molecule has 1 aromatic carbocycles. The number of hydrogen-bond donors (Lipinski definition) is 3. The summed E-state index contributed by atoms with van der Waals surface area (Å²) in [6.07, 6.45) is 8.32. The number of unbranched alkanes of at least 4 members (excludes halogenated alkanes) is 1. The number of ether oxygens (including phenoxy) is 3. The third kappa shape index (κ3) is 11.8. The molecule has 3 fully saturated rings. The molecule has 4 aliphatic carbocycles. The van der Waals surface area contributed by atoms with E-state index < -0.39 is 52.4 Å². The van der Waals surface area contributed by atoms with E-state index in [9.17, 15) is 49.3 Å². The van der Waals surface area contributed by atoms with Gasteiger partial charge in [0, 0.05) is 23.7 Å². The summed E-state index contributed by atoms with van der Waals surface area (Å²) in [5.41, 5.74) is 6.93. The lowest BCUT2D eigenvalue weighted by molar-refractivity contribution is -0.757. The van der Waals surface area contributed by atoms with Gasteiger partial charge in [0.15, 0.2) is 18.2 Å². The van der Waals surface area contributed by atoms with Crippen molar-refractivity contribution in [3.8, 4) is 5.75 Å². The van der Waals surface area contributed by atoms with Gasteiger partial charge < -0.3 is 39.8 Å². The number of allylic oxidation sites excluding steroid dienone is 4. The third-order valence-corrected chi connectivity index (χ3v) is 11.8. The smallest absolute Gasteiger partial charge is 0.481 e. The highest BCUT2D eigenvalue weighted by molar-refractivity contribution is 6.01. The SMILES string of the molecule is CC12C=CC(=O)C=C1CCC1C2C(O)CC2(C)C(C(=O)COC(=O)Oc3ccc(CC(N)C(=O)OCCCCO[N+](=O)[O-])cc3)CCC12.O=C(O)CCCO[N+](=O)[O-]. The lowest BCUT2D eigenvalue weighted by Crippen LogP contribution is -2.56. The van der Waals surface area contributed by atoms with Gasteiger partial charge in [-0.1, -0.05) is 37.6 Å². The Morgan fingerprint density at radius 2 is 1.60 bits per heavy atom. The standard InChI is InChI=1S/C35H44N2O11.C4H7NO5/c1-34-14-13-23(38)18-22(34)7-10-25-26-11-12-27(35(26,2)19-29(39)31(25)34)30(40)20-46-33(42)48-24-8-5-21(6-9-24)17-28(36)32(41)45-15-3-4-16-47-37(43)44;6-4(7)2-1-3-10-5(8)9/h5-6,8-9,13-14,18,25-29,31,39H,3-4,7,10-12,15-17,19-20,36H2,1-2H3;1-3H2,(H,6,7). The number of ketones is 2. The molecule has 8 atom stereocenters. The molecule has 8 unspecified atom stereocenters. The van der Waals surface area contributed by atoms with Gasteiger partial charge >= 0.3 is 18.1 Å². The molecule has 0 aromatic heterocycles.